The highest BCUT2D eigenvalue weighted by Crippen LogP contribution is 2.29. The standard InChI is InChI=1S/C25H34N6O/c1-4-17(11-12-26)21-15-31-22(14-28-24(31)23(30-21)27-13-16(2)3)18-5-7-19(8-6-18)25(32)29-20-9-10-20/h5-8,14-17,20H,4,9-13,26H2,1-3H3,(H,27,30)(H,29,32). The number of anilines is 1. The van der Waals surface area contributed by atoms with Gasteiger partial charge in [-0.15, -0.1) is 0 Å². The van der Waals surface area contributed by atoms with Gasteiger partial charge in [-0.05, 0) is 50.3 Å². The van der Waals surface area contributed by atoms with E-state index in [0.717, 1.165) is 60.6 Å². The predicted octanol–water partition coefficient (Wildman–Crippen LogP) is 4.20. The molecule has 1 aliphatic rings. The molecule has 1 unspecified atom stereocenters. The fourth-order valence-electron chi connectivity index (χ4n) is 3.89. The van der Waals surface area contributed by atoms with Crippen molar-refractivity contribution in [3.8, 4) is 11.3 Å². The van der Waals surface area contributed by atoms with Crippen molar-refractivity contribution in [2.45, 2.75) is 58.4 Å². The van der Waals surface area contributed by atoms with Gasteiger partial charge in [0.05, 0.1) is 17.6 Å². The molecule has 1 aromatic carbocycles. The smallest absolute Gasteiger partial charge is 0.251 e. The first-order chi connectivity index (χ1) is 15.5. The summed E-state index contributed by atoms with van der Waals surface area (Å²) in [7, 11) is 0. The van der Waals surface area contributed by atoms with Crippen molar-refractivity contribution >= 4 is 17.4 Å². The SMILES string of the molecule is CCC(CCN)c1cn2c(-c3ccc(C(=O)NC4CC4)cc3)cnc2c(NCC(C)C)n1. The summed E-state index contributed by atoms with van der Waals surface area (Å²) in [6.07, 6.45) is 8.01. The van der Waals surface area contributed by atoms with Gasteiger partial charge in [0.25, 0.3) is 5.91 Å². The van der Waals surface area contributed by atoms with Gasteiger partial charge in [-0.2, -0.15) is 0 Å². The van der Waals surface area contributed by atoms with Gasteiger partial charge in [-0.25, -0.2) is 9.97 Å². The maximum atomic E-state index is 12.3. The molecule has 4 N–H and O–H groups in total. The van der Waals surface area contributed by atoms with Gasteiger partial charge in [0, 0.05) is 35.8 Å². The van der Waals surface area contributed by atoms with E-state index in [1.807, 2.05) is 30.5 Å². The third-order valence-electron chi connectivity index (χ3n) is 5.97. The highest BCUT2D eigenvalue weighted by atomic mass is 16.1. The van der Waals surface area contributed by atoms with Crippen LogP contribution in [0, 0.1) is 5.92 Å². The van der Waals surface area contributed by atoms with E-state index in [1.54, 1.807) is 0 Å². The van der Waals surface area contributed by atoms with Gasteiger partial charge < -0.3 is 16.4 Å². The van der Waals surface area contributed by atoms with Gasteiger partial charge in [0.1, 0.15) is 0 Å². The number of nitrogens with two attached hydrogens (primary N) is 1. The van der Waals surface area contributed by atoms with Crippen LogP contribution in [-0.2, 0) is 0 Å². The molecule has 0 bridgehead atoms. The maximum absolute atomic E-state index is 12.3. The normalized spacial score (nSPS) is 14.7. The molecule has 1 aliphatic carbocycles. The molecule has 170 valence electrons. The van der Waals surface area contributed by atoms with Crippen molar-refractivity contribution < 1.29 is 4.79 Å². The lowest BCUT2D eigenvalue weighted by Crippen LogP contribution is -2.25. The van der Waals surface area contributed by atoms with Crippen molar-refractivity contribution in [1.29, 1.82) is 0 Å². The number of benzene rings is 1. The fourth-order valence-corrected chi connectivity index (χ4v) is 3.89. The summed E-state index contributed by atoms with van der Waals surface area (Å²) in [5.41, 5.74) is 10.4. The molecule has 0 aliphatic heterocycles. The molecule has 1 atom stereocenters. The molecule has 0 radical (unpaired) electrons. The largest absolute Gasteiger partial charge is 0.367 e. The average Bonchev–Trinajstić information content (AvgIpc) is 3.50. The predicted molar refractivity (Wildman–Crippen MR) is 129 cm³/mol. The number of imidazole rings is 1. The van der Waals surface area contributed by atoms with E-state index in [0.29, 0.717) is 30.0 Å². The van der Waals surface area contributed by atoms with Crippen LogP contribution in [0.25, 0.3) is 16.9 Å². The second-order valence-electron chi connectivity index (χ2n) is 9.13. The van der Waals surface area contributed by atoms with Crippen molar-refractivity contribution in [2.75, 3.05) is 18.4 Å². The Labute approximate surface area is 189 Å². The van der Waals surface area contributed by atoms with Crippen LogP contribution in [0.2, 0.25) is 0 Å². The summed E-state index contributed by atoms with van der Waals surface area (Å²) in [5, 5.41) is 6.52. The molecule has 2 heterocycles. The lowest BCUT2D eigenvalue weighted by Gasteiger charge is -2.17. The van der Waals surface area contributed by atoms with Crippen LogP contribution >= 0.6 is 0 Å². The lowest BCUT2D eigenvalue weighted by molar-refractivity contribution is 0.0951. The summed E-state index contributed by atoms with van der Waals surface area (Å²) < 4.78 is 2.11. The number of amides is 1. The van der Waals surface area contributed by atoms with Gasteiger partial charge in [0.2, 0.25) is 0 Å². The van der Waals surface area contributed by atoms with E-state index in [-0.39, 0.29) is 5.91 Å². The van der Waals surface area contributed by atoms with E-state index >= 15 is 0 Å². The van der Waals surface area contributed by atoms with Crippen LogP contribution in [0.4, 0.5) is 5.82 Å². The zero-order valence-electron chi connectivity index (χ0n) is 19.3. The van der Waals surface area contributed by atoms with E-state index in [2.05, 4.69) is 47.0 Å². The number of fused-ring (bicyclic) bond motifs is 1. The van der Waals surface area contributed by atoms with E-state index < -0.39 is 0 Å². The second kappa shape index (κ2) is 9.69. The van der Waals surface area contributed by atoms with Crippen LogP contribution in [0.1, 0.15) is 68.4 Å². The minimum atomic E-state index is -0.00331. The summed E-state index contributed by atoms with van der Waals surface area (Å²) in [5.74, 6) is 1.60. The van der Waals surface area contributed by atoms with Crippen molar-refractivity contribution in [3.05, 3.63) is 47.9 Å². The number of rotatable bonds is 10. The lowest BCUT2D eigenvalue weighted by atomic mass is 9.99. The quantitative estimate of drug-likeness (QED) is 0.444. The van der Waals surface area contributed by atoms with Gasteiger partial charge in [-0.3, -0.25) is 9.20 Å². The Morgan fingerprint density at radius 2 is 2.00 bits per heavy atom. The van der Waals surface area contributed by atoms with Crippen molar-refractivity contribution in [3.63, 3.8) is 0 Å². The Bertz CT molecular complexity index is 1070. The highest BCUT2D eigenvalue weighted by molar-refractivity contribution is 5.95. The molecule has 4 rings (SSSR count). The first-order valence-corrected chi connectivity index (χ1v) is 11.7. The second-order valence-corrected chi connectivity index (χ2v) is 9.13. The Morgan fingerprint density at radius 3 is 2.62 bits per heavy atom. The molecule has 0 spiro atoms. The molecular weight excluding hydrogens is 400 g/mol. The third kappa shape index (κ3) is 4.93. The van der Waals surface area contributed by atoms with Crippen molar-refractivity contribution in [2.24, 2.45) is 11.7 Å². The fraction of sp³-hybridized carbons (Fsp3) is 0.480. The summed E-state index contributed by atoms with van der Waals surface area (Å²) >= 11 is 0. The maximum Gasteiger partial charge on any atom is 0.251 e. The number of hydrogen-bond acceptors (Lipinski definition) is 5. The Hall–Kier alpha value is -2.93. The Morgan fingerprint density at radius 1 is 1.25 bits per heavy atom. The number of hydrogen-bond donors (Lipinski definition) is 3. The number of carbonyl (C=O) groups is 1. The number of carbonyl (C=O) groups excluding carboxylic acids is 1. The topological polar surface area (TPSA) is 97.3 Å². The van der Waals surface area contributed by atoms with E-state index in [4.69, 9.17) is 10.7 Å². The summed E-state index contributed by atoms with van der Waals surface area (Å²) in [4.78, 5) is 22.0. The summed E-state index contributed by atoms with van der Waals surface area (Å²) in [6, 6.07) is 8.10. The molecule has 1 amide bonds. The molecule has 0 saturated heterocycles. The van der Waals surface area contributed by atoms with Crippen LogP contribution in [-0.4, -0.2) is 39.4 Å². The molecule has 7 heteroatoms. The first kappa shape index (κ1) is 22.3. The van der Waals surface area contributed by atoms with Gasteiger partial charge >= 0.3 is 0 Å². The van der Waals surface area contributed by atoms with Gasteiger partial charge in [0.15, 0.2) is 11.5 Å². The van der Waals surface area contributed by atoms with Crippen LogP contribution in [0.5, 0.6) is 0 Å². The highest BCUT2D eigenvalue weighted by Gasteiger charge is 2.24. The monoisotopic (exact) mass is 434 g/mol. The first-order valence-electron chi connectivity index (χ1n) is 11.7. The number of nitrogens with one attached hydrogen (secondary N) is 2. The third-order valence-corrected chi connectivity index (χ3v) is 5.97. The Kier molecular flexibility index (Phi) is 6.74. The molecule has 7 nitrogen and oxygen atoms in total. The average molecular weight is 435 g/mol. The molecule has 1 saturated carbocycles. The van der Waals surface area contributed by atoms with E-state index in [9.17, 15) is 4.79 Å². The van der Waals surface area contributed by atoms with Crippen molar-refractivity contribution in [1.82, 2.24) is 19.7 Å². The summed E-state index contributed by atoms with van der Waals surface area (Å²) in [6.45, 7) is 7.99. The van der Waals surface area contributed by atoms with Crippen LogP contribution in [0.3, 0.4) is 0 Å². The Balaban J connectivity index is 1.71. The number of aromatic nitrogens is 3. The minimum Gasteiger partial charge on any atom is -0.367 e. The molecule has 2 aromatic heterocycles. The molecule has 32 heavy (non-hydrogen) atoms. The molecule has 3 aromatic rings. The van der Waals surface area contributed by atoms with Crippen LogP contribution in [0.15, 0.2) is 36.7 Å². The zero-order chi connectivity index (χ0) is 22.7. The number of nitrogens with zero attached hydrogens (tertiary/aromatic N) is 3. The zero-order valence-corrected chi connectivity index (χ0v) is 19.3. The minimum absolute atomic E-state index is 0.00331. The van der Waals surface area contributed by atoms with Crippen LogP contribution < -0.4 is 16.4 Å². The van der Waals surface area contributed by atoms with Gasteiger partial charge in [-0.1, -0.05) is 32.9 Å². The van der Waals surface area contributed by atoms with E-state index in [1.165, 1.54) is 0 Å². The molecular formula is C25H34N6O. The molecule has 1 fully saturated rings.